The molecule has 3 rings (SSSR count). The number of hydrogen-bond donors (Lipinski definition) is 1. The molecule has 0 aliphatic rings. The standard InChI is InChI=1S/C32H38BrClN2O3/c1-31(2,3)24-14-17-28(26(33)19-24)39-21-29(37)36(20-23-12-15-25(34)16-13-23)27(30(38)35-32(4,5)6)18-22-10-8-7-9-11-22/h7-17,19,27H,18,20-21H2,1-6H3,(H,35,38)/t27-/m0/s1. The van der Waals surface area contributed by atoms with Gasteiger partial charge in [0.05, 0.1) is 4.47 Å². The average molecular weight is 614 g/mol. The highest BCUT2D eigenvalue weighted by Gasteiger charge is 2.32. The van der Waals surface area contributed by atoms with Crippen LogP contribution in [0.15, 0.2) is 77.3 Å². The highest BCUT2D eigenvalue weighted by Crippen LogP contribution is 2.31. The number of benzene rings is 3. The monoisotopic (exact) mass is 612 g/mol. The molecule has 0 bridgehead atoms. The van der Waals surface area contributed by atoms with Crippen molar-refractivity contribution in [1.29, 1.82) is 0 Å². The summed E-state index contributed by atoms with van der Waals surface area (Å²) < 4.78 is 6.77. The minimum atomic E-state index is -0.745. The zero-order chi connectivity index (χ0) is 28.8. The van der Waals surface area contributed by atoms with E-state index in [4.69, 9.17) is 16.3 Å². The maximum Gasteiger partial charge on any atom is 0.261 e. The summed E-state index contributed by atoms with van der Waals surface area (Å²) in [5, 5.41) is 3.68. The molecule has 3 aromatic rings. The molecule has 7 heteroatoms. The van der Waals surface area contributed by atoms with E-state index in [1.54, 1.807) is 17.0 Å². The van der Waals surface area contributed by atoms with Gasteiger partial charge in [0.1, 0.15) is 11.8 Å². The Kier molecular flexibility index (Phi) is 10.2. The van der Waals surface area contributed by atoms with Crippen LogP contribution in [0.1, 0.15) is 58.2 Å². The molecule has 0 fully saturated rings. The van der Waals surface area contributed by atoms with Gasteiger partial charge in [0.2, 0.25) is 5.91 Å². The second-order valence-corrected chi connectivity index (χ2v) is 13.1. The number of amides is 2. The molecule has 0 unspecified atom stereocenters. The van der Waals surface area contributed by atoms with E-state index in [9.17, 15) is 9.59 Å². The number of nitrogens with one attached hydrogen (secondary N) is 1. The highest BCUT2D eigenvalue weighted by molar-refractivity contribution is 9.10. The number of rotatable bonds is 9. The molecule has 39 heavy (non-hydrogen) atoms. The van der Waals surface area contributed by atoms with Gasteiger partial charge in [-0.3, -0.25) is 9.59 Å². The molecule has 0 saturated heterocycles. The van der Waals surface area contributed by atoms with E-state index in [0.29, 0.717) is 17.2 Å². The van der Waals surface area contributed by atoms with Crippen molar-refractivity contribution in [2.75, 3.05) is 6.61 Å². The molecular formula is C32H38BrClN2O3. The van der Waals surface area contributed by atoms with E-state index in [0.717, 1.165) is 21.2 Å². The fourth-order valence-electron chi connectivity index (χ4n) is 4.10. The molecule has 208 valence electrons. The molecule has 0 saturated carbocycles. The molecule has 0 aromatic heterocycles. The summed E-state index contributed by atoms with van der Waals surface area (Å²) >= 11 is 9.70. The van der Waals surface area contributed by atoms with Crippen LogP contribution >= 0.6 is 27.5 Å². The summed E-state index contributed by atoms with van der Waals surface area (Å²) in [4.78, 5) is 29.1. The van der Waals surface area contributed by atoms with E-state index in [1.807, 2.05) is 81.4 Å². The van der Waals surface area contributed by atoms with Crippen molar-refractivity contribution in [1.82, 2.24) is 10.2 Å². The quantitative estimate of drug-likeness (QED) is 0.275. The molecule has 0 aliphatic carbocycles. The Labute approximate surface area is 246 Å². The summed E-state index contributed by atoms with van der Waals surface area (Å²) in [6.45, 7) is 12.2. The van der Waals surface area contributed by atoms with Gasteiger partial charge in [-0.1, -0.05) is 80.9 Å². The molecule has 5 nitrogen and oxygen atoms in total. The smallest absolute Gasteiger partial charge is 0.261 e. The highest BCUT2D eigenvalue weighted by atomic mass is 79.9. The maximum absolute atomic E-state index is 13.8. The van der Waals surface area contributed by atoms with Gasteiger partial charge in [-0.05, 0) is 83.1 Å². The summed E-state index contributed by atoms with van der Waals surface area (Å²) in [6, 6.07) is 22.2. The van der Waals surface area contributed by atoms with Gasteiger partial charge in [0, 0.05) is 23.5 Å². The van der Waals surface area contributed by atoms with E-state index in [2.05, 4.69) is 42.0 Å². The first-order valence-electron chi connectivity index (χ1n) is 13.1. The second kappa shape index (κ2) is 13.0. The van der Waals surface area contributed by atoms with Gasteiger partial charge in [0.15, 0.2) is 6.61 Å². The van der Waals surface area contributed by atoms with Crippen LogP contribution in [0.3, 0.4) is 0 Å². The second-order valence-electron chi connectivity index (χ2n) is 11.8. The lowest BCUT2D eigenvalue weighted by molar-refractivity contribution is -0.143. The number of hydrogen-bond acceptors (Lipinski definition) is 3. The van der Waals surface area contributed by atoms with Crippen LogP contribution in [0.25, 0.3) is 0 Å². The van der Waals surface area contributed by atoms with Crippen molar-refractivity contribution in [3.05, 3.63) is 99.0 Å². The number of nitrogens with zero attached hydrogens (tertiary/aromatic N) is 1. The lowest BCUT2D eigenvalue weighted by Crippen LogP contribution is -2.55. The van der Waals surface area contributed by atoms with Crippen molar-refractivity contribution < 1.29 is 14.3 Å². The molecule has 0 heterocycles. The van der Waals surface area contributed by atoms with Crippen LogP contribution in [0, 0.1) is 0 Å². The lowest BCUT2D eigenvalue weighted by atomic mass is 9.87. The molecule has 2 amide bonds. The first-order valence-corrected chi connectivity index (χ1v) is 14.2. The molecule has 0 radical (unpaired) electrons. The molecule has 1 N–H and O–H groups in total. The Morgan fingerprint density at radius 3 is 2.13 bits per heavy atom. The minimum Gasteiger partial charge on any atom is -0.483 e. The third-order valence-corrected chi connectivity index (χ3v) is 7.06. The first-order chi connectivity index (χ1) is 18.2. The molecular weight excluding hydrogens is 576 g/mol. The van der Waals surface area contributed by atoms with Crippen LogP contribution in [-0.4, -0.2) is 34.9 Å². The Morgan fingerprint density at radius 1 is 0.923 bits per heavy atom. The fourth-order valence-corrected chi connectivity index (χ4v) is 4.72. The van der Waals surface area contributed by atoms with Crippen LogP contribution in [0.5, 0.6) is 5.75 Å². The Morgan fingerprint density at radius 2 is 1.56 bits per heavy atom. The number of ether oxygens (including phenoxy) is 1. The Hall–Kier alpha value is -2.83. The molecule has 1 atom stereocenters. The average Bonchev–Trinajstić information content (AvgIpc) is 2.85. The van der Waals surface area contributed by atoms with Crippen LogP contribution in [-0.2, 0) is 28.0 Å². The van der Waals surface area contributed by atoms with Crippen LogP contribution in [0.2, 0.25) is 5.02 Å². The Balaban J connectivity index is 1.92. The Bertz CT molecular complexity index is 1270. The summed E-state index contributed by atoms with van der Waals surface area (Å²) in [7, 11) is 0. The first kappa shape index (κ1) is 30.7. The normalized spacial score (nSPS) is 12.5. The van der Waals surface area contributed by atoms with E-state index < -0.39 is 11.6 Å². The van der Waals surface area contributed by atoms with E-state index >= 15 is 0 Å². The fraction of sp³-hybridized carbons (Fsp3) is 0.375. The predicted octanol–water partition coefficient (Wildman–Crippen LogP) is 7.33. The number of carbonyl (C=O) groups is 2. The van der Waals surface area contributed by atoms with Crippen LogP contribution < -0.4 is 10.1 Å². The van der Waals surface area contributed by atoms with Crippen molar-refractivity contribution in [2.45, 2.75) is 71.5 Å². The van der Waals surface area contributed by atoms with Gasteiger partial charge in [-0.2, -0.15) is 0 Å². The molecule has 3 aromatic carbocycles. The van der Waals surface area contributed by atoms with Gasteiger partial charge >= 0.3 is 0 Å². The van der Waals surface area contributed by atoms with E-state index in [1.165, 1.54) is 0 Å². The molecule has 0 aliphatic heterocycles. The maximum atomic E-state index is 13.8. The van der Waals surface area contributed by atoms with Gasteiger partial charge < -0.3 is 15.0 Å². The number of carbonyl (C=O) groups excluding carboxylic acids is 2. The zero-order valence-corrected chi connectivity index (χ0v) is 25.9. The minimum absolute atomic E-state index is 0.0165. The van der Waals surface area contributed by atoms with E-state index in [-0.39, 0.29) is 30.4 Å². The molecule has 0 spiro atoms. The summed E-state index contributed by atoms with van der Waals surface area (Å²) in [5.74, 6) is 0.0626. The van der Waals surface area contributed by atoms with Crippen molar-refractivity contribution in [3.8, 4) is 5.75 Å². The van der Waals surface area contributed by atoms with Crippen molar-refractivity contribution in [3.63, 3.8) is 0 Å². The number of halogens is 2. The largest absolute Gasteiger partial charge is 0.483 e. The van der Waals surface area contributed by atoms with Gasteiger partial charge in [0.25, 0.3) is 5.91 Å². The lowest BCUT2D eigenvalue weighted by Gasteiger charge is -2.33. The third kappa shape index (κ3) is 9.40. The van der Waals surface area contributed by atoms with Crippen molar-refractivity contribution >= 4 is 39.3 Å². The van der Waals surface area contributed by atoms with Crippen molar-refractivity contribution in [2.24, 2.45) is 0 Å². The van der Waals surface area contributed by atoms with Gasteiger partial charge in [-0.15, -0.1) is 0 Å². The van der Waals surface area contributed by atoms with Crippen LogP contribution in [0.4, 0.5) is 0 Å². The topological polar surface area (TPSA) is 58.6 Å². The third-order valence-electron chi connectivity index (χ3n) is 6.18. The zero-order valence-electron chi connectivity index (χ0n) is 23.6. The predicted molar refractivity (Wildman–Crippen MR) is 162 cm³/mol. The van der Waals surface area contributed by atoms with Gasteiger partial charge in [-0.25, -0.2) is 0 Å². The summed E-state index contributed by atoms with van der Waals surface area (Å²) in [5.41, 5.74) is 2.50. The summed E-state index contributed by atoms with van der Waals surface area (Å²) in [6.07, 6.45) is 0.367. The SMILES string of the molecule is CC(C)(C)NC(=O)[C@H](Cc1ccccc1)N(Cc1ccc(Cl)cc1)C(=O)COc1ccc(C(C)(C)C)cc1Br.